The monoisotopic (exact) mass is 286 g/mol. The largest absolute Gasteiger partial charge is 0.312 e. The Kier molecular flexibility index (Phi) is 5.53. The van der Waals surface area contributed by atoms with Gasteiger partial charge in [-0.05, 0) is 58.5 Å². The van der Waals surface area contributed by atoms with Crippen molar-refractivity contribution in [2.45, 2.75) is 39.3 Å². The lowest BCUT2D eigenvalue weighted by Gasteiger charge is -2.20. The Bertz CT molecular complexity index is 525. The number of nitrogens with zero attached hydrogens (tertiary/aromatic N) is 2. The zero-order chi connectivity index (χ0) is 15.1. The van der Waals surface area contributed by atoms with E-state index in [1.54, 1.807) is 0 Å². The molecule has 1 heterocycles. The van der Waals surface area contributed by atoms with Crippen molar-refractivity contribution in [3.8, 4) is 5.69 Å². The van der Waals surface area contributed by atoms with Crippen molar-refractivity contribution in [2.24, 2.45) is 0 Å². The highest BCUT2D eigenvalue weighted by molar-refractivity contribution is 5.30. The van der Waals surface area contributed by atoms with Crippen molar-refractivity contribution in [1.29, 1.82) is 0 Å². The van der Waals surface area contributed by atoms with Crippen LogP contribution >= 0.6 is 0 Å². The third-order valence-corrected chi connectivity index (χ3v) is 3.16. The fourth-order valence-electron chi connectivity index (χ4n) is 2.07. The molecule has 0 aliphatic carbocycles. The lowest BCUT2D eigenvalue weighted by molar-refractivity contribution is 0.418. The van der Waals surface area contributed by atoms with E-state index in [4.69, 9.17) is 0 Å². The molecule has 0 fully saturated rings. The van der Waals surface area contributed by atoms with Crippen molar-refractivity contribution in [1.82, 2.24) is 20.4 Å². The number of hydrogen-bond donors (Lipinski definition) is 2. The summed E-state index contributed by atoms with van der Waals surface area (Å²) in [6.07, 6.45) is 3.13. The number of hydrogen-bond acceptors (Lipinski definition) is 3. The van der Waals surface area contributed by atoms with Gasteiger partial charge in [0.05, 0.1) is 11.4 Å². The third-order valence-electron chi connectivity index (χ3n) is 3.16. The van der Waals surface area contributed by atoms with E-state index in [1.807, 2.05) is 29.1 Å². The molecule has 4 nitrogen and oxygen atoms in total. The predicted molar refractivity (Wildman–Crippen MR) is 87.6 cm³/mol. The molecule has 0 atom stereocenters. The average Bonchev–Trinajstić information content (AvgIpc) is 2.91. The lowest BCUT2D eigenvalue weighted by Crippen LogP contribution is -2.37. The molecule has 2 N–H and O–H groups in total. The van der Waals surface area contributed by atoms with Gasteiger partial charge in [-0.2, -0.15) is 5.10 Å². The quantitative estimate of drug-likeness (QED) is 0.769. The van der Waals surface area contributed by atoms with E-state index < -0.39 is 0 Å². The maximum Gasteiger partial charge on any atom is 0.0766 e. The van der Waals surface area contributed by atoms with Gasteiger partial charge in [-0.15, -0.1) is 0 Å². The molecule has 2 aromatic rings. The van der Waals surface area contributed by atoms with Crippen molar-refractivity contribution >= 4 is 0 Å². The molecule has 0 amide bonds. The molecule has 0 radical (unpaired) electrons. The van der Waals surface area contributed by atoms with Crippen LogP contribution in [0.1, 0.15) is 32.9 Å². The van der Waals surface area contributed by atoms with E-state index >= 15 is 0 Å². The first-order valence-corrected chi connectivity index (χ1v) is 7.60. The summed E-state index contributed by atoms with van der Waals surface area (Å²) in [5.74, 6) is 0. The van der Waals surface area contributed by atoms with E-state index in [-0.39, 0.29) is 5.54 Å². The van der Waals surface area contributed by atoms with Crippen LogP contribution in [0, 0.1) is 0 Å². The fraction of sp³-hybridized carbons (Fsp3) is 0.471. The minimum absolute atomic E-state index is 0.203. The average molecular weight is 286 g/mol. The zero-order valence-corrected chi connectivity index (χ0v) is 13.3. The Morgan fingerprint density at radius 3 is 2.52 bits per heavy atom. The first-order chi connectivity index (χ1) is 10.0. The molecule has 21 heavy (non-hydrogen) atoms. The van der Waals surface area contributed by atoms with Crippen LogP contribution in [0.3, 0.4) is 0 Å². The molecule has 0 saturated carbocycles. The number of para-hydroxylation sites is 1. The number of nitrogens with one attached hydrogen (secondary N) is 2. The van der Waals surface area contributed by atoms with Gasteiger partial charge in [0.1, 0.15) is 0 Å². The standard InChI is InChI=1S/C17H26N4/c1-17(2,3)19-12-7-11-18-14-15-10-13-21(20-15)16-8-5-4-6-9-16/h4-6,8-10,13,18-19H,7,11-12,14H2,1-3H3. The Morgan fingerprint density at radius 1 is 1.05 bits per heavy atom. The molecular formula is C17H26N4. The van der Waals surface area contributed by atoms with E-state index in [0.29, 0.717) is 0 Å². The van der Waals surface area contributed by atoms with E-state index in [2.05, 4.69) is 54.7 Å². The van der Waals surface area contributed by atoms with E-state index in [9.17, 15) is 0 Å². The van der Waals surface area contributed by atoms with Crippen molar-refractivity contribution in [3.05, 3.63) is 48.3 Å². The molecule has 2 rings (SSSR count). The van der Waals surface area contributed by atoms with Crippen LogP contribution in [0.25, 0.3) is 5.69 Å². The zero-order valence-electron chi connectivity index (χ0n) is 13.3. The SMILES string of the molecule is CC(C)(C)NCCCNCc1ccn(-c2ccccc2)n1. The highest BCUT2D eigenvalue weighted by atomic mass is 15.3. The fourth-order valence-corrected chi connectivity index (χ4v) is 2.07. The third kappa shape index (κ3) is 5.69. The topological polar surface area (TPSA) is 41.9 Å². The minimum atomic E-state index is 0.203. The summed E-state index contributed by atoms with van der Waals surface area (Å²) in [5, 5.41) is 11.5. The lowest BCUT2D eigenvalue weighted by atomic mass is 10.1. The normalized spacial score (nSPS) is 11.8. The molecule has 0 aliphatic heterocycles. The highest BCUT2D eigenvalue weighted by Crippen LogP contribution is 2.06. The summed E-state index contributed by atoms with van der Waals surface area (Å²) in [5.41, 5.74) is 2.37. The maximum absolute atomic E-state index is 4.58. The van der Waals surface area contributed by atoms with Crippen LogP contribution in [-0.2, 0) is 6.54 Å². The Balaban J connectivity index is 1.69. The van der Waals surface area contributed by atoms with Gasteiger partial charge in [0.15, 0.2) is 0 Å². The molecule has 4 heteroatoms. The molecule has 0 saturated heterocycles. The second-order valence-electron chi connectivity index (χ2n) is 6.29. The molecule has 0 spiro atoms. The van der Waals surface area contributed by atoms with Crippen molar-refractivity contribution in [3.63, 3.8) is 0 Å². The van der Waals surface area contributed by atoms with Gasteiger partial charge >= 0.3 is 0 Å². The van der Waals surface area contributed by atoms with Gasteiger partial charge in [-0.25, -0.2) is 4.68 Å². The van der Waals surface area contributed by atoms with Crippen molar-refractivity contribution in [2.75, 3.05) is 13.1 Å². The first-order valence-electron chi connectivity index (χ1n) is 7.60. The van der Waals surface area contributed by atoms with E-state index in [1.165, 1.54) is 0 Å². The molecule has 0 bridgehead atoms. The predicted octanol–water partition coefficient (Wildman–Crippen LogP) is 2.74. The molecular weight excluding hydrogens is 260 g/mol. The smallest absolute Gasteiger partial charge is 0.0766 e. The summed E-state index contributed by atoms with van der Waals surface area (Å²) in [6, 6.07) is 12.2. The molecule has 1 aromatic carbocycles. The Morgan fingerprint density at radius 2 is 1.81 bits per heavy atom. The number of aromatic nitrogens is 2. The summed E-state index contributed by atoms with van der Waals surface area (Å²) >= 11 is 0. The Labute approximate surface area is 127 Å². The van der Waals surface area contributed by atoms with Crippen LogP contribution < -0.4 is 10.6 Å². The summed E-state index contributed by atoms with van der Waals surface area (Å²) in [6.45, 7) is 9.43. The second kappa shape index (κ2) is 7.38. The van der Waals surface area contributed by atoms with Crippen LogP contribution in [0.4, 0.5) is 0 Å². The van der Waals surface area contributed by atoms with Crippen LogP contribution in [-0.4, -0.2) is 28.4 Å². The van der Waals surface area contributed by atoms with Crippen LogP contribution in [0.15, 0.2) is 42.6 Å². The van der Waals surface area contributed by atoms with E-state index in [0.717, 1.165) is 37.4 Å². The van der Waals surface area contributed by atoms with Crippen LogP contribution in [0.5, 0.6) is 0 Å². The molecule has 1 aromatic heterocycles. The van der Waals surface area contributed by atoms with Crippen LogP contribution in [0.2, 0.25) is 0 Å². The summed E-state index contributed by atoms with van der Waals surface area (Å²) in [7, 11) is 0. The maximum atomic E-state index is 4.58. The van der Waals surface area contributed by atoms with Gasteiger partial charge in [-0.1, -0.05) is 18.2 Å². The van der Waals surface area contributed by atoms with Crippen molar-refractivity contribution < 1.29 is 0 Å². The molecule has 0 aliphatic rings. The second-order valence-corrected chi connectivity index (χ2v) is 6.29. The first kappa shape index (κ1) is 15.7. The summed E-state index contributed by atoms with van der Waals surface area (Å²) in [4.78, 5) is 0. The Hall–Kier alpha value is -1.65. The number of benzene rings is 1. The van der Waals surface area contributed by atoms with Gasteiger partial charge in [0, 0.05) is 18.3 Å². The number of rotatable bonds is 7. The highest BCUT2D eigenvalue weighted by Gasteiger charge is 2.07. The van der Waals surface area contributed by atoms with Gasteiger partial charge in [0.25, 0.3) is 0 Å². The van der Waals surface area contributed by atoms with Gasteiger partial charge < -0.3 is 10.6 Å². The summed E-state index contributed by atoms with van der Waals surface area (Å²) < 4.78 is 1.91. The van der Waals surface area contributed by atoms with Gasteiger partial charge in [-0.3, -0.25) is 0 Å². The molecule has 0 unspecified atom stereocenters. The molecule has 114 valence electrons. The van der Waals surface area contributed by atoms with Gasteiger partial charge in [0.2, 0.25) is 0 Å². The minimum Gasteiger partial charge on any atom is -0.312 e.